The molecule has 0 aromatic heterocycles. The van der Waals surface area contributed by atoms with E-state index >= 15 is 0 Å². The van der Waals surface area contributed by atoms with Gasteiger partial charge in [-0.1, -0.05) is 6.92 Å². The largest absolute Gasteiger partial charge is 0.493 e. The third kappa shape index (κ3) is 3.05. The molecule has 1 saturated carbocycles. The first-order valence-corrected chi connectivity index (χ1v) is 6.43. The van der Waals surface area contributed by atoms with Gasteiger partial charge < -0.3 is 15.8 Å². The number of benzene rings is 1. The molecule has 1 aliphatic carbocycles. The van der Waals surface area contributed by atoms with Crippen LogP contribution in [0.15, 0.2) is 18.2 Å². The molecule has 0 aliphatic heterocycles. The molecular weight excluding hydrogens is 212 g/mol. The molecule has 0 atom stereocenters. The van der Waals surface area contributed by atoms with Gasteiger partial charge in [0.05, 0.1) is 6.61 Å². The molecule has 2 rings (SSSR count). The number of anilines is 2. The zero-order valence-corrected chi connectivity index (χ0v) is 10.8. The second-order valence-electron chi connectivity index (χ2n) is 5.18. The predicted molar refractivity (Wildman–Crippen MR) is 72.5 cm³/mol. The van der Waals surface area contributed by atoms with E-state index in [4.69, 9.17) is 10.5 Å². The van der Waals surface area contributed by atoms with E-state index in [1.54, 1.807) is 0 Å². The predicted octanol–water partition coefficient (Wildman–Crippen LogP) is 3.41. The SMILES string of the molecule is CCCOc1cc(N)cc(NC2(C)CCC2)c1. The summed E-state index contributed by atoms with van der Waals surface area (Å²) in [5, 5.41) is 3.55. The lowest BCUT2D eigenvalue weighted by molar-refractivity contribution is 0.305. The van der Waals surface area contributed by atoms with E-state index in [0.717, 1.165) is 30.2 Å². The van der Waals surface area contributed by atoms with Crippen molar-refractivity contribution in [3.8, 4) is 5.75 Å². The molecule has 1 aromatic rings. The van der Waals surface area contributed by atoms with Crippen molar-refractivity contribution < 1.29 is 4.74 Å². The average molecular weight is 234 g/mol. The van der Waals surface area contributed by atoms with E-state index in [2.05, 4.69) is 19.2 Å². The van der Waals surface area contributed by atoms with Crippen LogP contribution in [0.3, 0.4) is 0 Å². The monoisotopic (exact) mass is 234 g/mol. The molecule has 17 heavy (non-hydrogen) atoms. The number of nitrogens with one attached hydrogen (secondary N) is 1. The molecule has 0 amide bonds. The average Bonchev–Trinajstić information content (AvgIpc) is 2.23. The van der Waals surface area contributed by atoms with Crippen molar-refractivity contribution in [3.05, 3.63) is 18.2 Å². The van der Waals surface area contributed by atoms with Gasteiger partial charge in [-0.05, 0) is 38.7 Å². The fourth-order valence-corrected chi connectivity index (χ4v) is 2.18. The minimum absolute atomic E-state index is 0.246. The van der Waals surface area contributed by atoms with Crippen LogP contribution in [-0.2, 0) is 0 Å². The molecule has 0 spiro atoms. The van der Waals surface area contributed by atoms with Crippen molar-refractivity contribution in [1.29, 1.82) is 0 Å². The topological polar surface area (TPSA) is 47.3 Å². The summed E-state index contributed by atoms with van der Waals surface area (Å²) in [5.41, 5.74) is 7.96. The highest BCUT2D eigenvalue weighted by atomic mass is 16.5. The number of nitrogens with two attached hydrogens (primary N) is 1. The summed E-state index contributed by atoms with van der Waals surface area (Å²) < 4.78 is 5.62. The molecule has 1 fully saturated rings. The van der Waals surface area contributed by atoms with Crippen LogP contribution in [0.2, 0.25) is 0 Å². The Hall–Kier alpha value is -1.38. The fraction of sp³-hybridized carbons (Fsp3) is 0.571. The maximum Gasteiger partial charge on any atom is 0.123 e. The van der Waals surface area contributed by atoms with Crippen LogP contribution in [0.25, 0.3) is 0 Å². The van der Waals surface area contributed by atoms with E-state index < -0.39 is 0 Å². The number of hydrogen-bond acceptors (Lipinski definition) is 3. The lowest BCUT2D eigenvalue weighted by Crippen LogP contribution is -2.41. The first-order valence-electron chi connectivity index (χ1n) is 6.43. The molecule has 94 valence electrons. The standard InChI is InChI=1S/C14H22N2O/c1-3-7-17-13-9-11(15)8-12(10-13)16-14(2)5-4-6-14/h8-10,16H,3-7,15H2,1-2H3. The van der Waals surface area contributed by atoms with Gasteiger partial charge in [0.15, 0.2) is 0 Å². The van der Waals surface area contributed by atoms with E-state index in [9.17, 15) is 0 Å². The number of nitrogen functional groups attached to an aromatic ring is 1. The van der Waals surface area contributed by atoms with E-state index in [1.165, 1.54) is 19.3 Å². The van der Waals surface area contributed by atoms with Crippen molar-refractivity contribution in [2.24, 2.45) is 0 Å². The van der Waals surface area contributed by atoms with Gasteiger partial charge in [0.1, 0.15) is 5.75 Å². The molecule has 0 heterocycles. The first kappa shape index (κ1) is 12.1. The normalized spacial score (nSPS) is 17.3. The molecule has 3 nitrogen and oxygen atoms in total. The van der Waals surface area contributed by atoms with Crippen LogP contribution < -0.4 is 15.8 Å². The molecule has 3 heteroatoms. The first-order chi connectivity index (χ1) is 8.11. The Bertz CT molecular complexity index is 386. The Morgan fingerprint density at radius 1 is 1.35 bits per heavy atom. The lowest BCUT2D eigenvalue weighted by Gasteiger charge is -2.40. The Kier molecular flexibility index (Phi) is 3.46. The Morgan fingerprint density at radius 3 is 2.71 bits per heavy atom. The summed E-state index contributed by atoms with van der Waals surface area (Å²) in [6, 6.07) is 5.89. The highest BCUT2D eigenvalue weighted by molar-refractivity contribution is 5.60. The van der Waals surface area contributed by atoms with E-state index in [0.29, 0.717) is 0 Å². The third-order valence-electron chi connectivity index (χ3n) is 3.30. The second kappa shape index (κ2) is 4.86. The number of hydrogen-bond donors (Lipinski definition) is 2. The molecule has 0 bridgehead atoms. The molecule has 1 aromatic carbocycles. The van der Waals surface area contributed by atoms with Gasteiger partial charge in [-0.25, -0.2) is 0 Å². The Morgan fingerprint density at radius 2 is 2.12 bits per heavy atom. The van der Waals surface area contributed by atoms with Crippen LogP contribution in [0.1, 0.15) is 39.5 Å². The van der Waals surface area contributed by atoms with Crippen LogP contribution in [0.4, 0.5) is 11.4 Å². The maximum absolute atomic E-state index is 5.89. The summed E-state index contributed by atoms with van der Waals surface area (Å²) >= 11 is 0. The summed E-state index contributed by atoms with van der Waals surface area (Å²) in [4.78, 5) is 0. The van der Waals surface area contributed by atoms with Crippen LogP contribution in [-0.4, -0.2) is 12.1 Å². The van der Waals surface area contributed by atoms with Crippen LogP contribution >= 0.6 is 0 Å². The Balaban J connectivity index is 2.08. The van der Waals surface area contributed by atoms with Crippen LogP contribution in [0, 0.1) is 0 Å². The minimum Gasteiger partial charge on any atom is -0.493 e. The van der Waals surface area contributed by atoms with Crippen molar-refractivity contribution in [3.63, 3.8) is 0 Å². The summed E-state index contributed by atoms with van der Waals surface area (Å²) in [5.74, 6) is 0.859. The number of ether oxygens (including phenoxy) is 1. The van der Waals surface area contributed by atoms with Crippen molar-refractivity contribution in [2.75, 3.05) is 17.7 Å². The van der Waals surface area contributed by atoms with Gasteiger partial charge in [-0.3, -0.25) is 0 Å². The molecule has 3 N–H and O–H groups in total. The quantitative estimate of drug-likeness (QED) is 0.767. The summed E-state index contributed by atoms with van der Waals surface area (Å²) in [7, 11) is 0. The smallest absolute Gasteiger partial charge is 0.123 e. The Labute approximate surface area is 103 Å². The van der Waals surface area contributed by atoms with E-state index in [-0.39, 0.29) is 5.54 Å². The molecule has 0 saturated heterocycles. The number of rotatable bonds is 5. The zero-order chi connectivity index (χ0) is 12.3. The van der Waals surface area contributed by atoms with Gasteiger partial charge >= 0.3 is 0 Å². The lowest BCUT2D eigenvalue weighted by atomic mass is 9.78. The molecular formula is C14H22N2O. The maximum atomic E-state index is 5.89. The van der Waals surface area contributed by atoms with Gasteiger partial charge in [0.25, 0.3) is 0 Å². The third-order valence-corrected chi connectivity index (χ3v) is 3.30. The van der Waals surface area contributed by atoms with Gasteiger partial charge in [0, 0.05) is 29.0 Å². The second-order valence-corrected chi connectivity index (χ2v) is 5.18. The van der Waals surface area contributed by atoms with Crippen molar-refractivity contribution in [2.45, 2.75) is 45.1 Å². The van der Waals surface area contributed by atoms with Gasteiger partial charge in [-0.2, -0.15) is 0 Å². The van der Waals surface area contributed by atoms with Gasteiger partial charge in [-0.15, -0.1) is 0 Å². The van der Waals surface area contributed by atoms with Crippen LogP contribution in [0.5, 0.6) is 5.75 Å². The van der Waals surface area contributed by atoms with Gasteiger partial charge in [0.2, 0.25) is 0 Å². The summed E-state index contributed by atoms with van der Waals surface area (Å²) in [6.07, 6.45) is 4.78. The highest BCUT2D eigenvalue weighted by Gasteiger charge is 2.31. The molecule has 1 aliphatic rings. The van der Waals surface area contributed by atoms with Crippen molar-refractivity contribution in [1.82, 2.24) is 0 Å². The minimum atomic E-state index is 0.246. The van der Waals surface area contributed by atoms with E-state index in [1.807, 2.05) is 18.2 Å². The fourth-order valence-electron chi connectivity index (χ4n) is 2.18. The molecule has 0 unspecified atom stereocenters. The zero-order valence-electron chi connectivity index (χ0n) is 10.8. The highest BCUT2D eigenvalue weighted by Crippen LogP contribution is 2.36. The summed E-state index contributed by atoms with van der Waals surface area (Å²) in [6.45, 7) is 5.09. The van der Waals surface area contributed by atoms with Crippen molar-refractivity contribution >= 4 is 11.4 Å². The molecule has 0 radical (unpaired) electrons.